The zero-order chi connectivity index (χ0) is 19.9. The van der Waals surface area contributed by atoms with Crippen LogP contribution in [0.4, 0.5) is 4.39 Å². The number of rotatable bonds is 6. The van der Waals surface area contributed by atoms with Gasteiger partial charge in [-0.2, -0.15) is 0 Å². The second-order valence-corrected chi connectivity index (χ2v) is 6.98. The number of aryl methyl sites for hydroxylation is 1. The van der Waals surface area contributed by atoms with Gasteiger partial charge in [-0.15, -0.1) is 0 Å². The lowest BCUT2D eigenvalue weighted by Crippen LogP contribution is -2.43. The van der Waals surface area contributed by atoms with Crippen LogP contribution in [-0.4, -0.2) is 43.0 Å². The lowest BCUT2D eigenvalue weighted by atomic mass is 9.95. The summed E-state index contributed by atoms with van der Waals surface area (Å²) in [6, 6.07) is 13.3. The SMILES string of the molecule is Cc1ccccc1OCCNC(=O)C1CCN(C(=O)c2ccc(F)cc2)CC1. The van der Waals surface area contributed by atoms with Gasteiger partial charge in [-0.1, -0.05) is 18.2 Å². The minimum atomic E-state index is -0.363. The molecule has 1 N–H and O–H groups in total. The quantitative estimate of drug-likeness (QED) is 0.779. The van der Waals surface area contributed by atoms with Crippen LogP contribution in [-0.2, 0) is 4.79 Å². The van der Waals surface area contributed by atoms with Gasteiger partial charge in [0.15, 0.2) is 0 Å². The summed E-state index contributed by atoms with van der Waals surface area (Å²) in [5.41, 5.74) is 1.53. The first kappa shape index (κ1) is 19.9. The number of benzene rings is 2. The van der Waals surface area contributed by atoms with E-state index in [-0.39, 0.29) is 23.5 Å². The number of hydrogen-bond donors (Lipinski definition) is 1. The topological polar surface area (TPSA) is 58.6 Å². The van der Waals surface area contributed by atoms with Crippen molar-refractivity contribution >= 4 is 11.8 Å². The minimum Gasteiger partial charge on any atom is -0.491 e. The number of hydrogen-bond acceptors (Lipinski definition) is 3. The fourth-order valence-corrected chi connectivity index (χ4v) is 3.32. The molecule has 0 spiro atoms. The van der Waals surface area contributed by atoms with Crippen molar-refractivity contribution < 1.29 is 18.7 Å². The summed E-state index contributed by atoms with van der Waals surface area (Å²) in [7, 11) is 0. The van der Waals surface area contributed by atoms with Crippen LogP contribution in [0.3, 0.4) is 0 Å². The summed E-state index contributed by atoms with van der Waals surface area (Å²) in [6.07, 6.45) is 1.24. The normalized spacial score (nSPS) is 14.6. The summed E-state index contributed by atoms with van der Waals surface area (Å²) in [6.45, 7) is 3.89. The van der Waals surface area contributed by atoms with Gasteiger partial charge in [0.2, 0.25) is 5.91 Å². The van der Waals surface area contributed by atoms with E-state index in [1.54, 1.807) is 4.90 Å². The van der Waals surface area contributed by atoms with Crippen molar-refractivity contribution in [2.75, 3.05) is 26.2 Å². The number of para-hydroxylation sites is 1. The van der Waals surface area contributed by atoms with Gasteiger partial charge in [-0.25, -0.2) is 4.39 Å². The van der Waals surface area contributed by atoms with Crippen molar-refractivity contribution in [1.29, 1.82) is 0 Å². The van der Waals surface area contributed by atoms with E-state index in [4.69, 9.17) is 4.74 Å². The second-order valence-electron chi connectivity index (χ2n) is 6.98. The standard InChI is InChI=1S/C22H25FN2O3/c1-16-4-2-3-5-20(16)28-15-12-24-21(26)17-10-13-25(14-11-17)22(27)18-6-8-19(23)9-7-18/h2-9,17H,10-15H2,1H3,(H,24,26). The van der Waals surface area contributed by atoms with Crippen molar-refractivity contribution in [3.63, 3.8) is 0 Å². The first-order chi connectivity index (χ1) is 13.5. The highest BCUT2D eigenvalue weighted by atomic mass is 19.1. The maximum absolute atomic E-state index is 13.0. The van der Waals surface area contributed by atoms with Crippen LogP contribution < -0.4 is 10.1 Å². The molecule has 2 aromatic rings. The van der Waals surface area contributed by atoms with E-state index >= 15 is 0 Å². The molecule has 1 aliphatic heterocycles. The molecule has 148 valence electrons. The van der Waals surface area contributed by atoms with Gasteiger partial charge in [0.05, 0.1) is 6.54 Å². The van der Waals surface area contributed by atoms with Crippen LogP contribution in [0, 0.1) is 18.7 Å². The Balaban J connectivity index is 1.39. The Labute approximate surface area is 164 Å². The molecule has 2 aromatic carbocycles. The number of halogens is 1. The molecule has 0 aliphatic carbocycles. The molecule has 5 nitrogen and oxygen atoms in total. The highest BCUT2D eigenvalue weighted by Gasteiger charge is 2.27. The first-order valence-corrected chi connectivity index (χ1v) is 9.55. The third-order valence-electron chi connectivity index (χ3n) is 5.00. The largest absolute Gasteiger partial charge is 0.491 e. The lowest BCUT2D eigenvalue weighted by Gasteiger charge is -2.31. The maximum Gasteiger partial charge on any atom is 0.253 e. The smallest absolute Gasteiger partial charge is 0.253 e. The van der Waals surface area contributed by atoms with E-state index in [1.165, 1.54) is 24.3 Å². The second kappa shape index (κ2) is 9.35. The minimum absolute atomic E-state index is 0.00210. The Hall–Kier alpha value is -2.89. The molecule has 3 rings (SSSR count). The third kappa shape index (κ3) is 5.09. The number of carbonyl (C=O) groups excluding carboxylic acids is 2. The van der Waals surface area contributed by atoms with Crippen molar-refractivity contribution in [2.24, 2.45) is 5.92 Å². The molecule has 0 saturated carbocycles. The van der Waals surface area contributed by atoms with Gasteiger partial charge in [0, 0.05) is 24.6 Å². The fourth-order valence-electron chi connectivity index (χ4n) is 3.32. The molecule has 0 aromatic heterocycles. The van der Waals surface area contributed by atoms with Crippen LogP contribution in [0.5, 0.6) is 5.75 Å². The molecule has 1 heterocycles. The molecular formula is C22H25FN2O3. The predicted molar refractivity (Wildman–Crippen MR) is 105 cm³/mol. The van der Waals surface area contributed by atoms with E-state index in [1.807, 2.05) is 31.2 Å². The van der Waals surface area contributed by atoms with Gasteiger partial charge in [-0.3, -0.25) is 9.59 Å². The van der Waals surface area contributed by atoms with Crippen LogP contribution in [0.2, 0.25) is 0 Å². The van der Waals surface area contributed by atoms with Crippen LogP contribution in [0.25, 0.3) is 0 Å². The van der Waals surface area contributed by atoms with Gasteiger partial charge in [-0.05, 0) is 55.7 Å². The van der Waals surface area contributed by atoms with E-state index in [9.17, 15) is 14.0 Å². The maximum atomic E-state index is 13.0. The summed E-state index contributed by atoms with van der Waals surface area (Å²) in [5.74, 6) is 0.242. The van der Waals surface area contributed by atoms with Crippen molar-refractivity contribution in [3.05, 3.63) is 65.5 Å². The Morgan fingerprint density at radius 1 is 1.11 bits per heavy atom. The summed E-state index contributed by atoms with van der Waals surface area (Å²) in [4.78, 5) is 26.5. The molecule has 0 bridgehead atoms. The number of amides is 2. The fraction of sp³-hybridized carbons (Fsp3) is 0.364. The molecular weight excluding hydrogens is 359 g/mol. The summed E-state index contributed by atoms with van der Waals surface area (Å²) in [5, 5.41) is 2.92. The Bertz CT molecular complexity index is 815. The van der Waals surface area contributed by atoms with Crippen molar-refractivity contribution in [3.8, 4) is 5.75 Å². The molecule has 1 fully saturated rings. The zero-order valence-corrected chi connectivity index (χ0v) is 16.0. The van der Waals surface area contributed by atoms with Crippen molar-refractivity contribution in [2.45, 2.75) is 19.8 Å². The first-order valence-electron chi connectivity index (χ1n) is 9.55. The van der Waals surface area contributed by atoms with Crippen LogP contribution >= 0.6 is 0 Å². The van der Waals surface area contributed by atoms with Gasteiger partial charge in [0.25, 0.3) is 5.91 Å². The van der Waals surface area contributed by atoms with Gasteiger partial charge in [0.1, 0.15) is 18.2 Å². The van der Waals surface area contributed by atoms with Gasteiger partial charge >= 0.3 is 0 Å². The van der Waals surface area contributed by atoms with E-state index in [2.05, 4.69) is 5.32 Å². The predicted octanol–water partition coefficient (Wildman–Crippen LogP) is 3.18. The summed E-state index contributed by atoms with van der Waals surface area (Å²) >= 11 is 0. The van der Waals surface area contributed by atoms with E-state index in [0.29, 0.717) is 44.6 Å². The molecule has 0 atom stereocenters. The number of nitrogens with zero attached hydrogens (tertiary/aromatic N) is 1. The Kier molecular flexibility index (Phi) is 6.63. The Morgan fingerprint density at radius 2 is 1.79 bits per heavy atom. The number of nitrogens with one attached hydrogen (secondary N) is 1. The average molecular weight is 384 g/mol. The zero-order valence-electron chi connectivity index (χ0n) is 16.0. The molecule has 2 amide bonds. The van der Waals surface area contributed by atoms with Gasteiger partial charge < -0.3 is 15.0 Å². The molecule has 0 unspecified atom stereocenters. The number of ether oxygens (including phenoxy) is 1. The lowest BCUT2D eigenvalue weighted by molar-refractivity contribution is -0.126. The molecule has 1 saturated heterocycles. The number of piperidine rings is 1. The van der Waals surface area contributed by atoms with E-state index in [0.717, 1.165) is 11.3 Å². The highest BCUT2D eigenvalue weighted by Crippen LogP contribution is 2.20. The van der Waals surface area contributed by atoms with Crippen LogP contribution in [0.15, 0.2) is 48.5 Å². The molecule has 28 heavy (non-hydrogen) atoms. The van der Waals surface area contributed by atoms with Crippen LogP contribution in [0.1, 0.15) is 28.8 Å². The van der Waals surface area contributed by atoms with E-state index < -0.39 is 0 Å². The molecule has 6 heteroatoms. The molecule has 1 aliphatic rings. The number of carbonyl (C=O) groups is 2. The third-order valence-corrected chi connectivity index (χ3v) is 5.00. The highest BCUT2D eigenvalue weighted by molar-refractivity contribution is 5.94. The summed E-state index contributed by atoms with van der Waals surface area (Å²) < 4.78 is 18.7. The average Bonchev–Trinajstić information content (AvgIpc) is 2.72. The van der Waals surface area contributed by atoms with Crippen molar-refractivity contribution in [1.82, 2.24) is 10.2 Å². The molecule has 0 radical (unpaired) electrons. The number of likely N-dealkylation sites (tertiary alicyclic amines) is 1. The Morgan fingerprint density at radius 3 is 2.46 bits per heavy atom. The monoisotopic (exact) mass is 384 g/mol.